The fraction of sp³-hybridized carbons (Fsp3) is 0.476. The molecule has 1 aliphatic rings. The summed E-state index contributed by atoms with van der Waals surface area (Å²) in [6.45, 7) is 11.9. The topological polar surface area (TPSA) is 67.1 Å². The lowest BCUT2D eigenvalue weighted by Gasteiger charge is -2.33. The molecular formula is C21H30N5. The van der Waals surface area contributed by atoms with Gasteiger partial charge in [0, 0.05) is 37.3 Å². The molecule has 1 aromatic carbocycles. The molecule has 1 saturated heterocycles. The minimum Gasteiger partial charge on any atom is -0.368 e. The van der Waals surface area contributed by atoms with Crippen LogP contribution in [0.2, 0.25) is 0 Å². The van der Waals surface area contributed by atoms with Gasteiger partial charge in [-0.25, -0.2) is 4.98 Å². The van der Waals surface area contributed by atoms with Crippen molar-refractivity contribution in [3.05, 3.63) is 41.3 Å². The Kier molecular flexibility index (Phi) is 5.77. The van der Waals surface area contributed by atoms with Crippen LogP contribution in [0, 0.1) is 19.8 Å². The van der Waals surface area contributed by atoms with E-state index in [1.54, 1.807) is 0 Å². The van der Waals surface area contributed by atoms with Crippen LogP contribution >= 0.6 is 0 Å². The van der Waals surface area contributed by atoms with Crippen LogP contribution in [0.4, 0.5) is 11.8 Å². The van der Waals surface area contributed by atoms with Crippen LogP contribution in [-0.4, -0.2) is 40.5 Å². The fourth-order valence-electron chi connectivity index (χ4n) is 3.70. The number of likely N-dealkylation sites (tertiary alicyclic amines) is 1. The van der Waals surface area contributed by atoms with E-state index in [0.717, 1.165) is 49.6 Å². The predicted octanol–water partition coefficient (Wildman–Crippen LogP) is 3.83. The molecule has 139 valence electrons. The average Bonchev–Trinajstić information content (AvgIpc) is 2.55. The minimum absolute atomic E-state index is 0.317. The first-order chi connectivity index (χ1) is 12.4. The molecule has 0 amide bonds. The summed E-state index contributed by atoms with van der Waals surface area (Å²) in [7, 11) is 0. The zero-order chi connectivity index (χ0) is 18.7. The summed E-state index contributed by atoms with van der Waals surface area (Å²) in [5.41, 5.74) is 10.4. The van der Waals surface area contributed by atoms with Crippen LogP contribution in [0.5, 0.6) is 0 Å². The van der Waals surface area contributed by atoms with Gasteiger partial charge in [0.25, 0.3) is 0 Å². The molecule has 3 rings (SSSR count). The van der Waals surface area contributed by atoms with Crippen molar-refractivity contribution in [2.24, 2.45) is 0 Å². The molecule has 0 atom stereocenters. The first-order valence-electron chi connectivity index (χ1n) is 9.40. The molecule has 0 unspecified atom stereocenters. The molecule has 0 bridgehead atoms. The fourth-order valence-corrected chi connectivity index (χ4v) is 3.70. The molecule has 2 heterocycles. The van der Waals surface area contributed by atoms with E-state index in [9.17, 15) is 0 Å². The summed E-state index contributed by atoms with van der Waals surface area (Å²) < 4.78 is 0. The zero-order valence-electron chi connectivity index (χ0n) is 16.3. The van der Waals surface area contributed by atoms with Crippen molar-refractivity contribution in [1.29, 1.82) is 0 Å². The van der Waals surface area contributed by atoms with Crippen LogP contribution in [0.3, 0.4) is 0 Å². The third-order valence-corrected chi connectivity index (χ3v) is 4.74. The summed E-state index contributed by atoms with van der Waals surface area (Å²) in [5, 5.41) is 3.57. The Hall–Kier alpha value is -2.14. The van der Waals surface area contributed by atoms with Crippen molar-refractivity contribution in [3.8, 4) is 11.3 Å². The lowest BCUT2D eigenvalue weighted by atomic mass is 10.0. The van der Waals surface area contributed by atoms with E-state index in [4.69, 9.17) is 5.73 Å². The third kappa shape index (κ3) is 4.94. The quantitative estimate of drug-likeness (QED) is 0.856. The van der Waals surface area contributed by atoms with Crippen molar-refractivity contribution in [3.63, 3.8) is 0 Å². The molecule has 1 aromatic heterocycles. The lowest BCUT2D eigenvalue weighted by Crippen LogP contribution is -2.40. The van der Waals surface area contributed by atoms with Crippen molar-refractivity contribution in [2.45, 2.75) is 46.6 Å². The van der Waals surface area contributed by atoms with E-state index in [1.165, 1.54) is 17.0 Å². The van der Waals surface area contributed by atoms with Crippen LogP contribution in [-0.2, 0) is 0 Å². The van der Waals surface area contributed by atoms with E-state index in [0.29, 0.717) is 12.0 Å². The first-order valence-corrected chi connectivity index (χ1v) is 9.40. The van der Waals surface area contributed by atoms with E-state index in [-0.39, 0.29) is 0 Å². The van der Waals surface area contributed by atoms with Crippen molar-refractivity contribution in [2.75, 3.05) is 30.7 Å². The highest BCUT2D eigenvalue weighted by atomic mass is 15.2. The lowest BCUT2D eigenvalue weighted by molar-refractivity contribution is 0.227. The second-order valence-corrected chi connectivity index (χ2v) is 7.77. The van der Waals surface area contributed by atoms with E-state index in [1.807, 2.05) is 6.07 Å². The largest absolute Gasteiger partial charge is 0.368 e. The van der Waals surface area contributed by atoms with E-state index < -0.39 is 0 Å². The Balaban J connectivity index is 1.71. The van der Waals surface area contributed by atoms with Gasteiger partial charge in [0.2, 0.25) is 5.95 Å². The number of rotatable bonds is 5. The van der Waals surface area contributed by atoms with Crippen LogP contribution in [0.15, 0.2) is 24.3 Å². The van der Waals surface area contributed by atoms with Gasteiger partial charge in [-0.3, -0.25) is 0 Å². The van der Waals surface area contributed by atoms with Crippen LogP contribution < -0.4 is 11.1 Å². The monoisotopic (exact) mass is 352 g/mol. The van der Waals surface area contributed by atoms with Gasteiger partial charge >= 0.3 is 0 Å². The Bertz CT molecular complexity index is 728. The number of aromatic nitrogens is 2. The third-order valence-electron chi connectivity index (χ3n) is 4.74. The predicted molar refractivity (Wildman–Crippen MR) is 109 cm³/mol. The summed E-state index contributed by atoms with van der Waals surface area (Å²) in [6.07, 6.45) is 2.24. The first kappa shape index (κ1) is 18.6. The number of benzene rings is 1. The van der Waals surface area contributed by atoms with E-state index in [2.05, 4.69) is 66.1 Å². The number of nitrogens with one attached hydrogen (secondary N) is 1. The molecule has 5 nitrogen and oxygen atoms in total. The zero-order valence-corrected chi connectivity index (χ0v) is 16.3. The van der Waals surface area contributed by atoms with Gasteiger partial charge in [0.15, 0.2) is 0 Å². The van der Waals surface area contributed by atoms with Gasteiger partial charge in [-0.1, -0.05) is 31.0 Å². The molecule has 3 N–H and O–H groups in total. The molecule has 26 heavy (non-hydrogen) atoms. The molecular weight excluding hydrogens is 322 g/mol. The molecule has 5 heteroatoms. The number of aryl methyl sites for hydroxylation is 2. The number of piperidine rings is 1. The van der Waals surface area contributed by atoms with Gasteiger partial charge < -0.3 is 16.0 Å². The Morgan fingerprint density at radius 1 is 1.08 bits per heavy atom. The van der Waals surface area contributed by atoms with E-state index >= 15 is 0 Å². The standard InChI is InChI=1S/C21H30N5/c1-14(2)13-26-7-5-18(6-8-26)23-20-12-19(24-21(22)25-20)17-10-15(3)9-16(4)11-17/h9-12,18H,5-8,13H2,1-4H3,(H3,22,23,24,25). The second-order valence-electron chi connectivity index (χ2n) is 7.77. The highest BCUT2D eigenvalue weighted by Gasteiger charge is 2.20. The van der Waals surface area contributed by atoms with Gasteiger partial charge in [0.05, 0.1) is 5.69 Å². The highest BCUT2D eigenvalue weighted by molar-refractivity contribution is 5.65. The molecule has 1 fully saturated rings. The minimum atomic E-state index is 0.317. The van der Waals surface area contributed by atoms with Crippen molar-refractivity contribution < 1.29 is 0 Å². The molecule has 0 saturated carbocycles. The molecule has 0 aliphatic carbocycles. The maximum Gasteiger partial charge on any atom is 0.222 e. The van der Waals surface area contributed by atoms with Crippen LogP contribution in [0.1, 0.15) is 37.8 Å². The summed E-state index contributed by atoms with van der Waals surface area (Å²) in [4.78, 5) is 11.4. The van der Waals surface area contributed by atoms with Gasteiger partial charge in [-0.05, 0) is 44.7 Å². The highest BCUT2D eigenvalue weighted by Crippen LogP contribution is 2.24. The average molecular weight is 353 g/mol. The number of nitrogen functional groups attached to an aromatic ring is 1. The maximum absolute atomic E-state index is 5.98. The van der Waals surface area contributed by atoms with Crippen LogP contribution in [0.25, 0.3) is 11.3 Å². The maximum atomic E-state index is 5.98. The number of nitrogens with zero attached hydrogens (tertiary/aromatic N) is 3. The second kappa shape index (κ2) is 8.04. The normalized spacial score (nSPS) is 16.2. The van der Waals surface area contributed by atoms with Gasteiger partial charge in [-0.15, -0.1) is 0 Å². The van der Waals surface area contributed by atoms with Crippen molar-refractivity contribution in [1.82, 2.24) is 14.9 Å². The molecule has 1 aliphatic heterocycles. The Morgan fingerprint density at radius 3 is 2.35 bits per heavy atom. The summed E-state index contributed by atoms with van der Waals surface area (Å²) >= 11 is 0. The summed E-state index contributed by atoms with van der Waals surface area (Å²) in [5.74, 6) is 2.61. The SMILES string of the molecule is C[C](C)CN1CCC(Nc2cc(-c3cc(C)cc(C)c3)nc(N)n2)CC1. The number of nitrogens with two attached hydrogens (primary N) is 1. The van der Waals surface area contributed by atoms with Gasteiger partial charge in [0.1, 0.15) is 5.82 Å². The smallest absolute Gasteiger partial charge is 0.222 e. The number of anilines is 2. The Labute approximate surface area is 157 Å². The number of hydrogen-bond donors (Lipinski definition) is 2. The van der Waals surface area contributed by atoms with Crippen molar-refractivity contribution >= 4 is 11.8 Å². The Morgan fingerprint density at radius 2 is 1.73 bits per heavy atom. The number of hydrogen-bond acceptors (Lipinski definition) is 5. The van der Waals surface area contributed by atoms with Gasteiger partial charge in [-0.2, -0.15) is 4.98 Å². The molecule has 1 radical (unpaired) electrons. The molecule has 0 spiro atoms. The summed E-state index contributed by atoms with van der Waals surface area (Å²) in [6, 6.07) is 8.89. The molecule has 2 aromatic rings.